The molecular weight excluding hydrogens is 412 g/mol. The van der Waals surface area contributed by atoms with E-state index < -0.39 is 5.41 Å². The summed E-state index contributed by atoms with van der Waals surface area (Å²) in [6, 6.07) is 9.27. The van der Waals surface area contributed by atoms with Gasteiger partial charge in [0, 0.05) is 35.9 Å². The van der Waals surface area contributed by atoms with Gasteiger partial charge in [-0.05, 0) is 63.8 Å². The van der Waals surface area contributed by atoms with E-state index in [1.165, 1.54) is 0 Å². The van der Waals surface area contributed by atoms with Crippen LogP contribution in [0.1, 0.15) is 59.9 Å². The first-order valence-electron chi connectivity index (χ1n) is 10.6. The van der Waals surface area contributed by atoms with Crippen molar-refractivity contribution in [3.05, 3.63) is 52.8 Å². The fourth-order valence-corrected chi connectivity index (χ4v) is 4.49. The van der Waals surface area contributed by atoms with Crippen LogP contribution in [0.5, 0.6) is 0 Å². The van der Waals surface area contributed by atoms with Crippen LogP contribution in [0.15, 0.2) is 35.5 Å². The number of aryl methyl sites for hydroxylation is 2. The van der Waals surface area contributed by atoms with Crippen molar-refractivity contribution in [3.63, 3.8) is 0 Å². The van der Waals surface area contributed by atoms with E-state index >= 15 is 0 Å². The van der Waals surface area contributed by atoms with E-state index in [-0.39, 0.29) is 11.8 Å². The summed E-state index contributed by atoms with van der Waals surface area (Å²) >= 11 is 1.56. The molecule has 0 bridgehead atoms. The SMILES string of the molecule is CCOCCC1(C(=O)NNC(=O)c2ccc(CSc3nc(C)cc(C)n3)cc2)CCC1. The maximum absolute atomic E-state index is 12.6. The zero-order valence-electron chi connectivity index (χ0n) is 18.4. The molecule has 31 heavy (non-hydrogen) atoms. The van der Waals surface area contributed by atoms with Crippen LogP contribution in [0.4, 0.5) is 0 Å². The normalized spacial score (nSPS) is 14.5. The molecule has 8 heteroatoms. The molecule has 0 unspecified atom stereocenters. The van der Waals surface area contributed by atoms with E-state index in [0.29, 0.717) is 31.0 Å². The quantitative estimate of drug-likeness (QED) is 0.266. The zero-order chi connectivity index (χ0) is 22.3. The number of carbonyl (C=O) groups is 2. The van der Waals surface area contributed by atoms with Crippen molar-refractivity contribution in [1.29, 1.82) is 0 Å². The van der Waals surface area contributed by atoms with E-state index in [4.69, 9.17) is 4.74 Å². The number of thioether (sulfide) groups is 1. The van der Waals surface area contributed by atoms with Crippen molar-refractivity contribution < 1.29 is 14.3 Å². The molecule has 1 saturated carbocycles. The Balaban J connectivity index is 1.49. The largest absolute Gasteiger partial charge is 0.382 e. The lowest BCUT2D eigenvalue weighted by Crippen LogP contribution is -2.52. The van der Waals surface area contributed by atoms with Gasteiger partial charge in [0.25, 0.3) is 5.91 Å². The number of aromatic nitrogens is 2. The number of hydrogen-bond donors (Lipinski definition) is 2. The van der Waals surface area contributed by atoms with Gasteiger partial charge in [-0.25, -0.2) is 9.97 Å². The molecule has 0 radical (unpaired) electrons. The van der Waals surface area contributed by atoms with Crippen molar-refractivity contribution >= 4 is 23.6 Å². The monoisotopic (exact) mass is 442 g/mol. The standard InChI is InChI=1S/C23H30N4O3S/c1-4-30-13-12-23(10-5-11-23)21(29)27-26-20(28)19-8-6-18(7-9-19)15-31-22-24-16(2)14-17(3)25-22/h6-9,14H,4-5,10-13,15H2,1-3H3,(H,26,28)(H,27,29). The van der Waals surface area contributed by atoms with Gasteiger partial charge in [0.05, 0.1) is 5.41 Å². The summed E-state index contributed by atoms with van der Waals surface area (Å²) in [4.78, 5) is 33.9. The molecule has 0 aliphatic heterocycles. The highest BCUT2D eigenvalue weighted by Gasteiger charge is 2.43. The number of rotatable bonds is 9. The summed E-state index contributed by atoms with van der Waals surface area (Å²) in [6.07, 6.45) is 3.37. The van der Waals surface area contributed by atoms with E-state index in [9.17, 15) is 9.59 Å². The highest BCUT2D eigenvalue weighted by molar-refractivity contribution is 7.98. The minimum atomic E-state index is -0.417. The highest BCUT2D eigenvalue weighted by atomic mass is 32.2. The van der Waals surface area contributed by atoms with Gasteiger partial charge in [-0.3, -0.25) is 20.4 Å². The van der Waals surface area contributed by atoms with Crippen LogP contribution in [0.3, 0.4) is 0 Å². The molecule has 7 nitrogen and oxygen atoms in total. The molecule has 1 aliphatic rings. The Morgan fingerprint density at radius 2 is 1.77 bits per heavy atom. The topological polar surface area (TPSA) is 93.2 Å². The van der Waals surface area contributed by atoms with E-state index in [1.807, 2.05) is 39.0 Å². The van der Waals surface area contributed by atoms with Crippen molar-refractivity contribution in [2.75, 3.05) is 13.2 Å². The van der Waals surface area contributed by atoms with Gasteiger partial charge in [0.2, 0.25) is 5.91 Å². The third kappa shape index (κ3) is 6.27. The van der Waals surface area contributed by atoms with Crippen LogP contribution in [0, 0.1) is 19.3 Å². The summed E-state index contributed by atoms with van der Waals surface area (Å²) in [6.45, 7) is 7.05. The van der Waals surface area contributed by atoms with Gasteiger partial charge in [-0.1, -0.05) is 30.3 Å². The number of benzene rings is 1. The molecule has 166 valence electrons. The molecule has 2 N–H and O–H groups in total. The average Bonchev–Trinajstić information content (AvgIpc) is 2.72. The molecular formula is C23H30N4O3S. The third-order valence-corrected chi connectivity index (χ3v) is 6.48. The molecule has 3 rings (SSSR count). The van der Waals surface area contributed by atoms with Gasteiger partial charge in [0.1, 0.15) is 0 Å². The minimum Gasteiger partial charge on any atom is -0.382 e. The maximum Gasteiger partial charge on any atom is 0.269 e. The Labute approximate surface area is 187 Å². The Morgan fingerprint density at radius 3 is 2.35 bits per heavy atom. The first kappa shape index (κ1) is 23.2. The fourth-order valence-electron chi connectivity index (χ4n) is 3.58. The zero-order valence-corrected chi connectivity index (χ0v) is 19.2. The summed E-state index contributed by atoms with van der Waals surface area (Å²) < 4.78 is 5.40. The van der Waals surface area contributed by atoms with Gasteiger partial charge < -0.3 is 4.74 Å². The average molecular weight is 443 g/mol. The van der Waals surface area contributed by atoms with Crippen molar-refractivity contribution in [1.82, 2.24) is 20.8 Å². The Morgan fingerprint density at radius 1 is 1.10 bits per heavy atom. The number of carbonyl (C=O) groups excluding carboxylic acids is 2. The molecule has 1 heterocycles. The van der Waals surface area contributed by atoms with Gasteiger partial charge in [-0.2, -0.15) is 0 Å². The molecule has 2 aromatic rings. The molecule has 1 fully saturated rings. The molecule has 0 spiro atoms. The van der Waals surface area contributed by atoms with E-state index in [2.05, 4.69) is 20.8 Å². The lowest BCUT2D eigenvalue weighted by Gasteiger charge is -2.40. The first-order chi connectivity index (χ1) is 14.9. The summed E-state index contributed by atoms with van der Waals surface area (Å²) in [5.74, 6) is 0.252. The molecule has 0 saturated heterocycles. The minimum absolute atomic E-state index is 0.131. The summed E-state index contributed by atoms with van der Waals surface area (Å²) in [5, 5.41) is 0.747. The second kappa shape index (κ2) is 10.7. The Hall–Kier alpha value is -2.45. The fraction of sp³-hybridized carbons (Fsp3) is 0.478. The van der Waals surface area contributed by atoms with Crippen LogP contribution in [-0.2, 0) is 15.3 Å². The summed E-state index contributed by atoms with van der Waals surface area (Å²) in [7, 11) is 0. The number of hydrazine groups is 1. The molecule has 2 amide bonds. The Kier molecular flexibility index (Phi) is 8.03. The molecule has 1 aromatic carbocycles. The molecule has 1 aromatic heterocycles. The predicted octanol–water partition coefficient (Wildman–Crippen LogP) is 3.74. The Bertz CT molecular complexity index is 893. The van der Waals surface area contributed by atoms with Crippen molar-refractivity contribution in [3.8, 4) is 0 Å². The van der Waals surface area contributed by atoms with Crippen LogP contribution in [0.2, 0.25) is 0 Å². The maximum atomic E-state index is 12.6. The number of hydrogen-bond acceptors (Lipinski definition) is 6. The number of nitrogens with one attached hydrogen (secondary N) is 2. The first-order valence-corrected chi connectivity index (χ1v) is 11.6. The molecule has 0 atom stereocenters. The number of ether oxygens (including phenoxy) is 1. The number of nitrogens with zero attached hydrogens (tertiary/aromatic N) is 2. The lowest BCUT2D eigenvalue weighted by molar-refractivity contribution is -0.138. The van der Waals surface area contributed by atoms with Crippen molar-refractivity contribution in [2.45, 2.75) is 57.4 Å². The van der Waals surface area contributed by atoms with Crippen molar-refractivity contribution in [2.24, 2.45) is 5.41 Å². The van der Waals surface area contributed by atoms with Gasteiger partial charge in [0.15, 0.2) is 5.16 Å². The van der Waals surface area contributed by atoms with Crippen LogP contribution >= 0.6 is 11.8 Å². The number of amides is 2. The third-order valence-electron chi connectivity index (χ3n) is 5.56. The van der Waals surface area contributed by atoms with E-state index in [0.717, 1.165) is 41.4 Å². The lowest BCUT2D eigenvalue weighted by atomic mass is 9.66. The van der Waals surface area contributed by atoms with Gasteiger partial charge in [-0.15, -0.1) is 0 Å². The second-order valence-corrected chi connectivity index (χ2v) is 8.85. The van der Waals surface area contributed by atoms with Crippen LogP contribution in [0.25, 0.3) is 0 Å². The molecule has 1 aliphatic carbocycles. The van der Waals surface area contributed by atoms with Gasteiger partial charge >= 0.3 is 0 Å². The summed E-state index contributed by atoms with van der Waals surface area (Å²) in [5.41, 5.74) is 8.20. The van der Waals surface area contributed by atoms with Crippen LogP contribution in [-0.4, -0.2) is 35.0 Å². The van der Waals surface area contributed by atoms with Crippen LogP contribution < -0.4 is 10.9 Å². The second-order valence-electron chi connectivity index (χ2n) is 7.91. The highest BCUT2D eigenvalue weighted by Crippen LogP contribution is 2.44. The smallest absolute Gasteiger partial charge is 0.269 e. The predicted molar refractivity (Wildman–Crippen MR) is 121 cm³/mol. The van der Waals surface area contributed by atoms with E-state index in [1.54, 1.807) is 23.9 Å².